The van der Waals surface area contributed by atoms with Gasteiger partial charge in [0.15, 0.2) is 6.10 Å². The molecule has 2 atom stereocenters. The number of nitrogens with zero attached hydrogens (tertiary/aromatic N) is 1. The van der Waals surface area contributed by atoms with Crippen LogP contribution in [0.5, 0.6) is 0 Å². The van der Waals surface area contributed by atoms with Crippen LogP contribution in [-0.2, 0) is 30.4 Å². The van der Waals surface area contributed by atoms with Crippen molar-refractivity contribution in [1.82, 2.24) is 5.06 Å². The highest BCUT2D eigenvalue weighted by atomic mass is 16.8. The second kappa shape index (κ2) is 6.35. The van der Waals surface area contributed by atoms with Gasteiger partial charge >= 0.3 is 6.09 Å². The summed E-state index contributed by atoms with van der Waals surface area (Å²) < 4.78 is 15.9. The number of hydrogen-bond donors (Lipinski definition) is 0. The molecule has 0 N–H and O–H groups in total. The molecule has 128 valence electrons. The van der Waals surface area contributed by atoms with Crippen LogP contribution in [0.2, 0.25) is 0 Å². The standard InChI is InChI=1S/C17H19NO6/c1-11-9-13-17(21-2,22-3)15(19)14(11)24-18(13)16(20)23-10-12-7-5-4-6-8-12/h4-9,13-14H,10H2,1-3H3/t13-,14+/m1/s1. The number of ketones is 1. The van der Waals surface area contributed by atoms with Gasteiger partial charge in [-0.25, -0.2) is 4.79 Å². The molecule has 1 saturated heterocycles. The number of rotatable bonds is 4. The lowest BCUT2D eigenvalue weighted by molar-refractivity contribution is -0.308. The third kappa shape index (κ3) is 2.50. The van der Waals surface area contributed by atoms with E-state index >= 15 is 0 Å². The van der Waals surface area contributed by atoms with Gasteiger partial charge in [0.05, 0.1) is 0 Å². The average molecular weight is 333 g/mol. The van der Waals surface area contributed by atoms with Gasteiger partial charge in [0.2, 0.25) is 5.78 Å². The summed E-state index contributed by atoms with van der Waals surface area (Å²) in [6.07, 6.45) is 0.0922. The molecule has 1 fully saturated rings. The molecule has 0 radical (unpaired) electrons. The van der Waals surface area contributed by atoms with Crippen LogP contribution in [-0.4, -0.2) is 49.1 Å². The minimum atomic E-state index is -1.59. The summed E-state index contributed by atoms with van der Waals surface area (Å²) in [5, 5.41) is 1.01. The van der Waals surface area contributed by atoms with Crippen LogP contribution in [0, 0.1) is 0 Å². The van der Waals surface area contributed by atoms with E-state index in [0.29, 0.717) is 5.57 Å². The molecule has 1 aliphatic carbocycles. The number of ether oxygens (including phenoxy) is 3. The second-order valence-electron chi connectivity index (χ2n) is 5.65. The number of Topliss-reactive ketones (excluding diaryl/α,β-unsaturated/α-hetero) is 1. The maximum atomic E-state index is 12.5. The highest BCUT2D eigenvalue weighted by Crippen LogP contribution is 2.39. The van der Waals surface area contributed by atoms with E-state index in [1.165, 1.54) is 14.2 Å². The fraction of sp³-hybridized carbons (Fsp3) is 0.412. The van der Waals surface area contributed by atoms with Gasteiger partial charge in [-0.1, -0.05) is 36.4 Å². The fourth-order valence-corrected chi connectivity index (χ4v) is 2.98. The Hall–Kier alpha value is -2.22. The molecule has 2 heterocycles. The van der Waals surface area contributed by atoms with Crippen LogP contribution in [0.4, 0.5) is 4.79 Å². The Morgan fingerprint density at radius 1 is 1.25 bits per heavy atom. The molecule has 7 nitrogen and oxygen atoms in total. The fourth-order valence-electron chi connectivity index (χ4n) is 2.98. The van der Waals surface area contributed by atoms with E-state index in [0.717, 1.165) is 10.6 Å². The zero-order valence-corrected chi connectivity index (χ0v) is 13.7. The minimum absolute atomic E-state index is 0.0977. The van der Waals surface area contributed by atoms with Gasteiger partial charge in [0.1, 0.15) is 12.6 Å². The normalized spacial score (nSPS) is 24.7. The molecule has 3 aliphatic rings. The van der Waals surface area contributed by atoms with E-state index in [4.69, 9.17) is 19.0 Å². The first kappa shape index (κ1) is 16.6. The number of hydroxylamine groups is 2. The van der Waals surface area contributed by atoms with E-state index in [2.05, 4.69) is 0 Å². The molecular formula is C17H19NO6. The van der Waals surface area contributed by atoms with Crippen LogP contribution in [0.1, 0.15) is 12.5 Å². The number of carbonyl (C=O) groups excluding carboxylic acids is 2. The van der Waals surface area contributed by atoms with Crippen LogP contribution < -0.4 is 0 Å². The maximum Gasteiger partial charge on any atom is 0.435 e. The summed E-state index contributed by atoms with van der Waals surface area (Å²) in [4.78, 5) is 30.5. The van der Waals surface area contributed by atoms with E-state index in [1.807, 2.05) is 30.3 Å². The molecule has 7 heteroatoms. The van der Waals surface area contributed by atoms with Crippen molar-refractivity contribution in [1.29, 1.82) is 0 Å². The van der Waals surface area contributed by atoms with Gasteiger partial charge in [0.25, 0.3) is 5.79 Å². The largest absolute Gasteiger partial charge is 0.443 e. The predicted octanol–water partition coefficient (Wildman–Crippen LogP) is 1.83. The lowest BCUT2D eigenvalue weighted by Crippen LogP contribution is -2.71. The molecule has 1 aromatic carbocycles. The number of benzene rings is 1. The van der Waals surface area contributed by atoms with Crippen molar-refractivity contribution in [2.45, 2.75) is 31.5 Å². The third-order valence-corrected chi connectivity index (χ3v) is 4.27. The highest BCUT2D eigenvalue weighted by Gasteiger charge is 2.61. The Morgan fingerprint density at radius 2 is 1.92 bits per heavy atom. The Balaban J connectivity index is 1.79. The number of methoxy groups -OCH3 is 2. The lowest BCUT2D eigenvalue weighted by Gasteiger charge is -2.49. The summed E-state index contributed by atoms with van der Waals surface area (Å²) in [6.45, 7) is 1.86. The van der Waals surface area contributed by atoms with Crippen molar-refractivity contribution in [3.05, 3.63) is 47.5 Å². The Morgan fingerprint density at radius 3 is 2.54 bits per heavy atom. The Bertz CT molecular complexity index is 667. The third-order valence-electron chi connectivity index (χ3n) is 4.27. The van der Waals surface area contributed by atoms with Crippen molar-refractivity contribution < 1.29 is 28.6 Å². The molecule has 2 bridgehead atoms. The van der Waals surface area contributed by atoms with Crippen LogP contribution in [0.15, 0.2) is 42.0 Å². The number of carbonyl (C=O) groups is 2. The number of hydrogen-bond acceptors (Lipinski definition) is 6. The summed E-state index contributed by atoms with van der Waals surface area (Å²) in [6, 6.07) is 8.43. The molecule has 0 unspecified atom stereocenters. The first-order valence-electron chi connectivity index (χ1n) is 7.53. The Labute approximate surface area is 139 Å². The first-order valence-corrected chi connectivity index (χ1v) is 7.53. The summed E-state index contributed by atoms with van der Waals surface area (Å²) in [7, 11) is 2.72. The van der Waals surface area contributed by atoms with Gasteiger partial charge in [-0.05, 0) is 18.1 Å². The molecule has 1 aromatic rings. The summed E-state index contributed by atoms with van der Waals surface area (Å²) in [5.74, 6) is -1.96. The molecule has 0 aromatic heterocycles. The van der Waals surface area contributed by atoms with Gasteiger partial charge < -0.3 is 14.2 Å². The topological polar surface area (TPSA) is 74.3 Å². The van der Waals surface area contributed by atoms with Gasteiger partial charge in [-0.2, -0.15) is 5.06 Å². The number of amides is 1. The number of fused-ring (bicyclic) bond motifs is 2. The Kier molecular flexibility index (Phi) is 4.40. The summed E-state index contributed by atoms with van der Waals surface area (Å²) in [5.41, 5.74) is 1.56. The van der Waals surface area contributed by atoms with Crippen molar-refractivity contribution >= 4 is 11.9 Å². The zero-order chi connectivity index (χ0) is 17.3. The molecule has 0 spiro atoms. The van der Waals surface area contributed by atoms with Crippen LogP contribution >= 0.6 is 0 Å². The van der Waals surface area contributed by atoms with Gasteiger partial charge in [0, 0.05) is 14.2 Å². The zero-order valence-electron chi connectivity index (χ0n) is 13.7. The maximum absolute atomic E-state index is 12.5. The van der Waals surface area contributed by atoms with Crippen molar-refractivity contribution in [2.24, 2.45) is 0 Å². The molecule has 24 heavy (non-hydrogen) atoms. The monoisotopic (exact) mass is 333 g/mol. The van der Waals surface area contributed by atoms with Crippen molar-refractivity contribution in [3.63, 3.8) is 0 Å². The van der Waals surface area contributed by atoms with Crippen LogP contribution in [0.25, 0.3) is 0 Å². The quantitative estimate of drug-likeness (QED) is 0.618. The minimum Gasteiger partial charge on any atom is -0.443 e. The SMILES string of the molecule is COC1(OC)C(=O)[C@H]2ON(C(=O)OCc3ccccc3)[C@@H]1C=C2C. The van der Waals surface area contributed by atoms with Crippen LogP contribution in [0.3, 0.4) is 0 Å². The van der Waals surface area contributed by atoms with Crippen molar-refractivity contribution in [3.8, 4) is 0 Å². The first-order chi connectivity index (χ1) is 11.5. The lowest BCUT2D eigenvalue weighted by atomic mass is 9.85. The molecule has 0 saturated carbocycles. The van der Waals surface area contributed by atoms with Crippen molar-refractivity contribution in [2.75, 3.05) is 14.2 Å². The van der Waals surface area contributed by atoms with Gasteiger partial charge in [-0.15, -0.1) is 0 Å². The second-order valence-corrected chi connectivity index (χ2v) is 5.65. The van der Waals surface area contributed by atoms with E-state index in [9.17, 15) is 9.59 Å². The predicted molar refractivity (Wildman–Crippen MR) is 82.6 cm³/mol. The average Bonchev–Trinajstić information content (AvgIpc) is 2.61. The van der Waals surface area contributed by atoms with Gasteiger partial charge in [-0.3, -0.25) is 9.63 Å². The smallest absolute Gasteiger partial charge is 0.435 e. The molecule has 1 amide bonds. The molecule has 4 rings (SSSR count). The molecular weight excluding hydrogens is 314 g/mol. The van der Waals surface area contributed by atoms with E-state index < -0.39 is 24.0 Å². The van der Waals surface area contributed by atoms with E-state index in [-0.39, 0.29) is 12.4 Å². The van der Waals surface area contributed by atoms with E-state index in [1.54, 1.807) is 13.0 Å². The molecule has 2 aliphatic heterocycles. The summed E-state index contributed by atoms with van der Waals surface area (Å²) >= 11 is 0. The highest BCUT2D eigenvalue weighted by molar-refractivity contribution is 5.96.